The second kappa shape index (κ2) is 8.86. The minimum Gasteiger partial charge on any atom is -0.497 e. The number of anilines is 1. The standard InChI is InChI=1S/C22H15ClN4O5/c1-31-17-10-11-19(24-20(28)13-4-8-16(9-5-13)27(29)30)18(12-17)22-26-25-21(32-22)14-2-6-15(23)7-3-14/h2-12H,1H3,(H,24,28). The van der Waals surface area contributed by atoms with Crippen LogP contribution in [0.2, 0.25) is 5.02 Å². The van der Waals surface area contributed by atoms with Crippen LogP contribution in [-0.4, -0.2) is 28.1 Å². The van der Waals surface area contributed by atoms with Crippen molar-refractivity contribution in [1.29, 1.82) is 0 Å². The summed E-state index contributed by atoms with van der Waals surface area (Å²) in [6.07, 6.45) is 0. The number of benzene rings is 3. The number of carbonyl (C=O) groups is 1. The maximum atomic E-state index is 12.7. The smallest absolute Gasteiger partial charge is 0.269 e. The molecule has 1 heterocycles. The molecule has 4 aromatic rings. The van der Waals surface area contributed by atoms with E-state index < -0.39 is 10.8 Å². The topological polar surface area (TPSA) is 120 Å². The predicted octanol–water partition coefficient (Wildman–Crippen LogP) is 5.23. The molecule has 0 aliphatic rings. The maximum absolute atomic E-state index is 12.7. The monoisotopic (exact) mass is 450 g/mol. The summed E-state index contributed by atoms with van der Waals surface area (Å²) < 4.78 is 11.1. The van der Waals surface area contributed by atoms with Gasteiger partial charge in [-0.05, 0) is 54.6 Å². The van der Waals surface area contributed by atoms with Crippen LogP contribution in [0, 0.1) is 10.1 Å². The molecule has 10 heteroatoms. The number of non-ortho nitro benzene ring substituents is 1. The van der Waals surface area contributed by atoms with Gasteiger partial charge in [-0.3, -0.25) is 14.9 Å². The molecule has 0 spiro atoms. The Hall–Kier alpha value is -4.24. The quantitative estimate of drug-likeness (QED) is 0.315. The van der Waals surface area contributed by atoms with Crippen molar-refractivity contribution in [3.8, 4) is 28.7 Å². The van der Waals surface area contributed by atoms with Gasteiger partial charge in [-0.2, -0.15) is 0 Å². The van der Waals surface area contributed by atoms with Crippen LogP contribution in [0.25, 0.3) is 22.9 Å². The first kappa shape index (κ1) is 21.0. The number of carbonyl (C=O) groups excluding carboxylic acids is 1. The van der Waals surface area contributed by atoms with Gasteiger partial charge in [-0.1, -0.05) is 11.6 Å². The first-order valence-electron chi connectivity index (χ1n) is 9.28. The summed E-state index contributed by atoms with van der Waals surface area (Å²) in [6.45, 7) is 0. The Morgan fingerprint density at radius 2 is 1.72 bits per heavy atom. The fraction of sp³-hybridized carbons (Fsp3) is 0.0455. The van der Waals surface area contributed by atoms with E-state index in [1.807, 2.05) is 0 Å². The Morgan fingerprint density at radius 3 is 2.38 bits per heavy atom. The lowest BCUT2D eigenvalue weighted by Crippen LogP contribution is -2.12. The lowest BCUT2D eigenvalue weighted by molar-refractivity contribution is -0.384. The van der Waals surface area contributed by atoms with Crippen molar-refractivity contribution in [2.75, 3.05) is 12.4 Å². The van der Waals surface area contributed by atoms with Crippen LogP contribution in [0.5, 0.6) is 5.75 Å². The van der Waals surface area contributed by atoms with Crippen molar-refractivity contribution in [3.05, 3.63) is 87.4 Å². The molecule has 1 amide bonds. The van der Waals surface area contributed by atoms with Crippen LogP contribution in [0.15, 0.2) is 71.1 Å². The maximum Gasteiger partial charge on any atom is 0.269 e. The van der Waals surface area contributed by atoms with Gasteiger partial charge < -0.3 is 14.5 Å². The molecule has 0 aliphatic heterocycles. The van der Waals surface area contributed by atoms with Gasteiger partial charge in [0.2, 0.25) is 11.8 Å². The zero-order chi connectivity index (χ0) is 22.7. The molecule has 1 aromatic heterocycles. The summed E-state index contributed by atoms with van der Waals surface area (Å²) in [5.41, 5.74) is 1.69. The molecule has 160 valence electrons. The summed E-state index contributed by atoms with van der Waals surface area (Å²) in [7, 11) is 1.52. The number of nitrogens with one attached hydrogen (secondary N) is 1. The number of nitro benzene ring substituents is 1. The third-order valence-electron chi connectivity index (χ3n) is 4.56. The van der Waals surface area contributed by atoms with Crippen molar-refractivity contribution < 1.29 is 18.9 Å². The molecule has 1 N–H and O–H groups in total. The lowest BCUT2D eigenvalue weighted by Gasteiger charge is -2.10. The zero-order valence-corrected chi connectivity index (χ0v) is 17.4. The number of hydrogen-bond acceptors (Lipinski definition) is 7. The van der Waals surface area contributed by atoms with E-state index in [9.17, 15) is 14.9 Å². The second-order valence-electron chi connectivity index (χ2n) is 6.59. The zero-order valence-electron chi connectivity index (χ0n) is 16.6. The molecular weight excluding hydrogens is 436 g/mol. The number of hydrogen-bond donors (Lipinski definition) is 1. The summed E-state index contributed by atoms with van der Waals surface area (Å²) in [6, 6.07) is 17.2. The number of halogens is 1. The van der Waals surface area contributed by atoms with E-state index in [1.165, 1.54) is 31.4 Å². The van der Waals surface area contributed by atoms with E-state index in [4.69, 9.17) is 20.8 Å². The summed E-state index contributed by atoms with van der Waals surface area (Å²) in [5.74, 6) is 0.531. The number of nitrogens with zero attached hydrogens (tertiary/aromatic N) is 3. The van der Waals surface area contributed by atoms with E-state index >= 15 is 0 Å². The van der Waals surface area contributed by atoms with Crippen LogP contribution in [0.3, 0.4) is 0 Å². The van der Waals surface area contributed by atoms with Crippen molar-refractivity contribution in [1.82, 2.24) is 10.2 Å². The molecule has 0 fully saturated rings. The van der Waals surface area contributed by atoms with E-state index in [-0.39, 0.29) is 23.0 Å². The minimum absolute atomic E-state index is 0.104. The highest BCUT2D eigenvalue weighted by Crippen LogP contribution is 2.33. The molecule has 0 unspecified atom stereocenters. The summed E-state index contributed by atoms with van der Waals surface area (Å²) in [4.78, 5) is 23.0. The number of rotatable bonds is 6. The normalized spacial score (nSPS) is 10.6. The average Bonchev–Trinajstić information content (AvgIpc) is 3.30. The Kier molecular flexibility index (Phi) is 5.82. The van der Waals surface area contributed by atoms with Gasteiger partial charge in [-0.25, -0.2) is 0 Å². The molecule has 0 radical (unpaired) electrons. The Balaban J connectivity index is 1.65. The highest BCUT2D eigenvalue weighted by Gasteiger charge is 2.18. The molecule has 32 heavy (non-hydrogen) atoms. The first-order chi connectivity index (χ1) is 15.4. The fourth-order valence-electron chi connectivity index (χ4n) is 2.91. The third kappa shape index (κ3) is 4.42. The predicted molar refractivity (Wildman–Crippen MR) is 118 cm³/mol. The van der Waals surface area contributed by atoms with Crippen molar-refractivity contribution in [2.45, 2.75) is 0 Å². The lowest BCUT2D eigenvalue weighted by atomic mass is 10.1. The van der Waals surface area contributed by atoms with Gasteiger partial charge in [0.05, 0.1) is 23.3 Å². The molecule has 4 rings (SSSR count). The number of nitro groups is 1. The SMILES string of the molecule is COc1ccc(NC(=O)c2ccc([N+](=O)[O-])cc2)c(-c2nnc(-c3ccc(Cl)cc3)o2)c1. The molecule has 0 atom stereocenters. The van der Waals surface area contributed by atoms with Crippen LogP contribution in [0.4, 0.5) is 11.4 Å². The van der Waals surface area contributed by atoms with Crippen molar-refractivity contribution in [2.24, 2.45) is 0 Å². The van der Waals surface area contributed by atoms with E-state index in [0.29, 0.717) is 27.6 Å². The first-order valence-corrected chi connectivity index (χ1v) is 9.66. The van der Waals surface area contributed by atoms with E-state index in [0.717, 1.165) is 0 Å². The molecule has 0 saturated heterocycles. The van der Waals surface area contributed by atoms with Gasteiger partial charge in [0, 0.05) is 28.3 Å². The third-order valence-corrected chi connectivity index (χ3v) is 4.81. The second-order valence-corrected chi connectivity index (χ2v) is 7.03. The van der Waals surface area contributed by atoms with E-state index in [2.05, 4.69) is 15.5 Å². The van der Waals surface area contributed by atoms with Gasteiger partial charge in [0.1, 0.15) is 5.75 Å². The Morgan fingerprint density at radius 1 is 1.03 bits per heavy atom. The molecular formula is C22H15ClN4O5. The number of amides is 1. The largest absolute Gasteiger partial charge is 0.497 e. The summed E-state index contributed by atoms with van der Waals surface area (Å²) in [5, 5.41) is 22.3. The van der Waals surface area contributed by atoms with Crippen LogP contribution < -0.4 is 10.1 Å². The van der Waals surface area contributed by atoms with E-state index in [1.54, 1.807) is 42.5 Å². The highest BCUT2D eigenvalue weighted by molar-refractivity contribution is 6.30. The number of aromatic nitrogens is 2. The molecule has 0 bridgehead atoms. The fourth-order valence-corrected chi connectivity index (χ4v) is 3.03. The highest BCUT2D eigenvalue weighted by atomic mass is 35.5. The van der Waals surface area contributed by atoms with Gasteiger partial charge in [0.25, 0.3) is 11.6 Å². The number of methoxy groups -OCH3 is 1. The number of ether oxygens (including phenoxy) is 1. The van der Waals surface area contributed by atoms with Crippen LogP contribution in [0.1, 0.15) is 10.4 Å². The summed E-state index contributed by atoms with van der Waals surface area (Å²) >= 11 is 5.92. The average molecular weight is 451 g/mol. The molecule has 3 aromatic carbocycles. The van der Waals surface area contributed by atoms with Gasteiger partial charge in [0.15, 0.2) is 0 Å². The molecule has 0 aliphatic carbocycles. The molecule has 0 saturated carbocycles. The molecule has 9 nitrogen and oxygen atoms in total. The van der Waals surface area contributed by atoms with Crippen LogP contribution >= 0.6 is 11.6 Å². The minimum atomic E-state index is -0.531. The van der Waals surface area contributed by atoms with Gasteiger partial charge in [-0.15, -0.1) is 10.2 Å². The van der Waals surface area contributed by atoms with Crippen LogP contribution in [-0.2, 0) is 0 Å². The Labute approximate surface area is 186 Å². The van der Waals surface area contributed by atoms with Crippen molar-refractivity contribution in [3.63, 3.8) is 0 Å². The van der Waals surface area contributed by atoms with Gasteiger partial charge >= 0.3 is 0 Å². The van der Waals surface area contributed by atoms with Crippen molar-refractivity contribution >= 4 is 28.9 Å². The Bertz CT molecular complexity index is 1290.